The Kier molecular flexibility index (Phi) is 4.08. The maximum absolute atomic E-state index is 2.15. The second kappa shape index (κ2) is 4.03. The molecule has 0 aromatic heterocycles. The molecular formula is C6H7OPb. The first-order valence-corrected chi connectivity index (χ1v) is 4.10. The molecule has 0 heterocycles. The monoisotopic (exact) mass is 303 g/mol. The van der Waals surface area contributed by atoms with E-state index in [2.05, 4.69) is 24.3 Å². The van der Waals surface area contributed by atoms with Crippen LogP contribution in [0.2, 0.25) is 0 Å². The fraction of sp³-hybridized carbons (Fsp3) is 0. The summed E-state index contributed by atoms with van der Waals surface area (Å²) in [4.78, 5) is 0. The molecule has 2 N–H and O–H groups in total. The van der Waals surface area contributed by atoms with Crippen molar-refractivity contribution in [3.8, 4) is 0 Å². The van der Waals surface area contributed by atoms with E-state index in [9.17, 15) is 0 Å². The number of rotatable bonds is 0. The van der Waals surface area contributed by atoms with Gasteiger partial charge in [-0.2, -0.15) is 0 Å². The molecule has 0 aliphatic carbocycles. The molecule has 2 heteroatoms. The molecule has 0 bridgehead atoms. The Morgan fingerprint density at radius 3 is 1.75 bits per heavy atom. The summed E-state index contributed by atoms with van der Waals surface area (Å²) in [5.74, 6) is 0. The summed E-state index contributed by atoms with van der Waals surface area (Å²) < 4.78 is 1.46. The molecule has 0 spiro atoms. The van der Waals surface area contributed by atoms with Gasteiger partial charge in [0.25, 0.3) is 0 Å². The molecular weight excluding hydrogens is 295 g/mol. The van der Waals surface area contributed by atoms with Crippen molar-refractivity contribution in [2.24, 2.45) is 0 Å². The van der Waals surface area contributed by atoms with Crippen LogP contribution in [-0.2, 0) is 0 Å². The third-order valence-electron chi connectivity index (χ3n) is 0.774. The molecule has 1 nitrogen and oxygen atoms in total. The normalized spacial score (nSPS) is 7.62. The first-order valence-electron chi connectivity index (χ1n) is 2.16. The van der Waals surface area contributed by atoms with Crippen molar-refractivity contribution in [3.63, 3.8) is 0 Å². The van der Waals surface area contributed by atoms with E-state index in [0.717, 1.165) is 0 Å². The molecule has 1 rings (SSSR count). The van der Waals surface area contributed by atoms with E-state index in [4.69, 9.17) is 0 Å². The minimum atomic E-state index is 0. The topological polar surface area (TPSA) is 31.5 Å². The van der Waals surface area contributed by atoms with Crippen LogP contribution in [-0.4, -0.2) is 31.2 Å². The van der Waals surface area contributed by atoms with Crippen molar-refractivity contribution in [2.45, 2.75) is 0 Å². The zero-order valence-corrected chi connectivity index (χ0v) is 8.27. The van der Waals surface area contributed by atoms with Crippen molar-refractivity contribution in [1.29, 1.82) is 0 Å². The van der Waals surface area contributed by atoms with Gasteiger partial charge in [0.1, 0.15) is 0 Å². The van der Waals surface area contributed by atoms with E-state index < -0.39 is 0 Å². The fourth-order valence-corrected chi connectivity index (χ4v) is 1.19. The Balaban J connectivity index is 0.000000490. The minimum absolute atomic E-state index is 0. The number of hydrogen-bond acceptors (Lipinski definition) is 0. The van der Waals surface area contributed by atoms with Crippen molar-refractivity contribution < 1.29 is 5.48 Å². The quantitative estimate of drug-likeness (QED) is 0.587. The van der Waals surface area contributed by atoms with Gasteiger partial charge >= 0.3 is 59.2 Å². The van der Waals surface area contributed by atoms with Gasteiger partial charge in [-0.1, -0.05) is 0 Å². The van der Waals surface area contributed by atoms with Gasteiger partial charge in [0, 0.05) is 0 Å². The molecule has 0 atom stereocenters. The summed E-state index contributed by atoms with van der Waals surface area (Å²) in [7, 11) is 0. The van der Waals surface area contributed by atoms with Gasteiger partial charge < -0.3 is 5.48 Å². The van der Waals surface area contributed by atoms with Crippen molar-refractivity contribution in [3.05, 3.63) is 30.3 Å². The van der Waals surface area contributed by atoms with E-state index in [1.54, 1.807) is 0 Å². The summed E-state index contributed by atoms with van der Waals surface area (Å²) in [5, 5.41) is 0. The van der Waals surface area contributed by atoms with E-state index in [0.29, 0.717) is 0 Å². The second-order valence-corrected chi connectivity index (χ2v) is 3.61. The molecule has 1 aromatic carbocycles. The third-order valence-corrected chi connectivity index (χ3v) is 2.07. The molecule has 0 saturated heterocycles. The van der Waals surface area contributed by atoms with Gasteiger partial charge in [-0.3, -0.25) is 0 Å². The molecule has 1 aromatic rings. The molecule has 0 aliphatic heterocycles. The summed E-state index contributed by atoms with van der Waals surface area (Å²) in [6.07, 6.45) is 0. The summed E-state index contributed by atoms with van der Waals surface area (Å²) in [6, 6.07) is 10.5. The summed E-state index contributed by atoms with van der Waals surface area (Å²) >= 11 is 1.17. The van der Waals surface area contributed by atoms with E-state index >= 15 is 0 Å². The van der Waals surface area contributed by atoms with Crippen LogP contribution >= 0.6 is 0 Å². The molecule has 0 fully saturated rings. The predicted octanol–water partition coefficient (Wildman–Crippen LogP) is -0.344. The maximum atomic E-state index is 2.15. The van der Waals surface area contributed by atoms with E-state index in [-0.39, 0.29) is 5.48 Å². The SMILES string of the molecule is O.[Pb][c]1ccccc1. The van der Waals surface area contributed by atoms with Crippen LogP contribution in [0.15, 0.2) is 30.3 Å². The van der Waals surface area contributed by atoms with Gasteiger partial charge in [-0.15, -0.1) is 0 Å². The molecule has 41 valence electrons. The predicted molar refractivity (Wildman–Crippen MR) is 35.4 cm³/mol. The van der Waals surface area contributed by atoms with Gasteiger partial charge in [0.2, 0.25) is 0 Å². The van der Waals surface area contributed by atoms with Crippen LogP contribution < -0.4 is 3.12 Å². The zero-order chi connectivity index (χ0) is 5.11. The average Bonchev–Trinajstić information content (AvgIpc) is 1.69. The van der Waals surface area contributed by atoms with Gasteiger partial charge in [0.15, 0.2) is 0 Å². The molecule has 0 aliphatic rings. The number of benzene rings is 1. The first-order chi connectivity index (χ1) is 3.39. The Bertz CT molecular complexity index is 138. The standard InChI is InChI=1S/C6H5.H2O.Pb/c1-2-4-6-5-3-1;;/h1-5H;1H2;. The van der Waals surface area contributed by atoms with Gasteiger partial charge in [0.05, 0.1) is 0 Å². The van der Waals surface area contributed by atoms with Gasteiger partial charge in [-0.25, -0.2) is 0 Å². The Labute approximate surface area is 64.7 Å². The molecule has 3 radical (unpaired) electrons. The van der Waals surface area contributed by atoms with Crippen molar-refractivity contribution in [1.82, 2.24) is 0 Å². The Morgan fingerprint density at radius 2 is 1.50 bits per heavy atom. The average molecular weight is 302 g/mol. The first kappa shape index (κ1) is 8.10. The Morgan fingerprint density at radius 1 is 1.00 bits per heavy atom. The van der Waals surface area contributed by atoms with E-state index in [1.165, 1.54) is 28.9 Å². The third kappa shape index (κ3) is 2.42. The fourth-order valence-electron chi connectivity index (χ4n) is 0.438. The summed E-state index contributed by atoms with van der Waals surface area (Å²) in [6.45, 7) is 0. The van der Waals surface area contributed by atoms with Crippen LogP contribution in [0.1, 0.15) is 0 Å². The molecule has 0 unspecified atom stereocenters. The second-order valence-electron chi connectivity index (χ2n) is 1.37. The van der Waals surface area contributed by atoms with Crippen LogP contribution in [0.3, 0.4) is 0 Å². The molecule has 8 heavy (non-hydrogen) atoms. The van der Waals surface area contributed by atoms with E-state index in [1.807, 2.05) is 6.07 Å². The zero-order valence-electron chi connectivity index (χ0n) is 4.39. The van der Waals surface area contributed by atoms with Crippen LogP contribution in [0.4, 0.5) is 0 Å². The van der Waals surface area contributed by atoms with Crippen molar-refractivity contribution in [2.75, 3.05) is 0 Å². The van der Waals surface area contributed by atoms with Crippen LogP contribution in [0.25, 0.3) is 0 Å². The van der Waals surface area contributed by atoms with Gasteiger partial charge in [-0.05, 0) is 0 Å². The summed E-state index contributed by atoms with van der Waals surface area (Å²) in [5.41, 5.74) is 0. The van der Waals surface area contributed by atoms with Crippen molar-refractivity contribution >= 4 is 28.9 Å². The molecule has 0 amide bonds. The number of hydrogen-bond donors (Lipinski definition) is 0. The van der Waals surface area contributed by atoms with Crippen LogP contribution in [0, 0.1) is 0 Å². The Hall–Kier alpha value is 0.102. The van der Waals surface area contributed by atoms with Crippen LogP contribution in [0.5, 0.6) is 0 Å². The molecule has 0 saturated carbocycles.